The Labute approximate surface area is 212 Å². The van der Waals surface area contributed by atoms with Crippen LogP contribution in [0.25, 0.3) is 27.9 Å². The van der Waals surface area contributed by atoms with Crippen LogP contribution in [0.5, 0.6) is 0 Å². The topological polar surface area (TPSA) is 55.4 Å². The number of aryl methyl sites for hydroxylation is 1. The molecule has 34 heavy (non-hydrogen) atoms. The first-order chi connectivity index (χ1) is 15.8. The third kappa shape index (κ3) is 3.67. The Morgan fingerprint density at radius 2 is 1.53 bits per heavy atom. The fourth-order valence-corrected chi connectivity index (χ4v) is 13.5. The molecule has 0 amide bonds. The minimum atomic E-state index is -1.97. The van der Waals surface area contributed by atoms with Crippen LogP contribution in [0.4, 0.5) is 0 Å². The highest BCUT2D eigenvalue weighted by Gasteiger charge is 2.46. The molecule has 0 aliphatic heterocycles. The van der Waals surface area contributed by atoms with Gasteiger partial charge in [-0.05, 0) is 58.9 Å². The first-order valence-corrected chi connectivity index (χ1v) is 15.2. The molecule has 0 atom stereocenters. The predicted molar refractivity (Wildman–Crippen MR) is 148 cm³/mol. The standard InChI is InChI=1S/C27H37BrN4OSi/c1-16(2)34(17(3)4,18(5)6)31-15-22(28)25-26(31)29-14-23-24(30-19(7)32(23)25)20-10-12-21(13-11-20)27(8,9)33/h10-18,33H,1-9H3. The van der Waals surface area contributed by atoms with Crippen molar-refractivity contribution in [2.75, 3.05) is 0 Å². The summed E-state index contributed by atoms with van der Waals surface area (Å²) in [4.78, 5) is 10.0. The average Bonchev–Trinajstić information content (AvgIpc) is 3.24. The molecule has 7 heteroatoms. The van der Waals surface area contributed by atoms with Crippen LogP contribution in [-0.2, 0) is 5.60 Å². The summed E-state index contributed by atoms with van der Waals surface area (Å²) in [7, 11) is -1.97. The summed E-state index contributed by atoms with van der Waals surface area (Å²) in [6, 6.07) is 8.02. The first kappa shape index (κ1) is 25.1. The van der Waals surface area contributed by atoms with E-state index in [0.29, 0.717) is 16.6 Å². The van der Waals surface area contributed by atoms with E-state index in [-0.39, 0.29) is 0 Å². The van der Waals surface area contributed by atoms with Gasteiger partial charge in [-0.1, -0.05) is 65.8 Å². The van der Waals surface area contributed by atoms with E-state index in [1.807, 2.05) is 30.5 Å². The van der Waals surface area contributed by atoms with E-state index in [9.17, 15) is 5.11 Å². The Morgan fingerprint density at radius 1 is 0.971 bits per heavy atom. The minimum Gasteiger partial charge on any atom is -0.386 e. The molecule has 1 aromatic carbocycles. The zero-order valence-corrected chi connectivity index (χ0v) is 24.4. The molecule has 0 spiro atoms. The van der Waals surface area contributed by atoms with Gasteiger partial charge in [-0.3, -0.25) is 4.40 Å². The molecule has 4 rings (SSSR count). The number of benzene rings is 1. The third-order valence-corrected chi connectivity index (χ3v) is 14.9. The number of fused-ring (bicyclic) bond motifs is 3. The van der Waals surface area contributed by atoms with Crippen molar-refractivity contribution in [3.8, 4) is 11.3 Å². The zero-order chi connectivity index (χ0) is 25.2. The monoisotopic (exact) mass is 540 g/mol. The lowest BCUT2D eigenvalue weighted by Gasteiger charge is -2.44. The van der Waals surface area contributed by atoms with Crippen LogP contribution in [0.15, 0.2) is 41.1 Å². The van der Waals surface area contributed by atoms with Crippen LogP contribution in [0.2, 0.25) is 16.6 Å². The van der Waals surface area contributed by atoms with E-state index < -0.39 is 13.8 Å². The van der Waals surface area contributed by atoms with Gasteiger partial charge in [0, 0.05) is 11.8 Å². The van der Waals surface area contributed by atoms with Gasteiger partial charge in [0.15, 0.2) is 8.24 Å². The second-order valence-electron chi connectivity index (χ2n) is 11.0. The van der Waals surface area contributed by atoms with E-state index in [2.05, 4.69) is 79.2 Å². The van der Waals surface area contributed by atoms with Crippen molar-refractivity contribution < 1.29 is 5.11 Å². The first-order valence-electron chi connectivity index (χ1n) is 12.2. The van der Waals surface area contributed by atoms with Gasteiger partial charge in [-0.25, -0.2) is 9.97 Å². The van der Waals surface area contributed by atoms with Gasteiger partial charge in [-0.2, -0.15) is 0 Å². The second-order valence-corrected chi connectivity index (χ2v) is 17.6. The molecule has 0 saturated carbocycles. The largest absolute Gasteiger partial charge is 0.386 e. The fraction of sp³-hybridized carbons (Fsp3) is 0.481. The Hall–Kier alpha value is -1.96. The van der Waals surface area contributed by atoms with Crippen LogP contribution < -0.4 is 0 Å². The number of hydrogen-bond donors (Lipinski definition) is 1. The average molecular weight is 542 g/mol. The summed E-state index contributed by atoms with van der Waals surface area (Å²) in [5.74, 6) is 0.938. The number of aliphatic hydroxyl groups is 1. The van der Waals surface area contributed by atoms with Crippen LogP contribution in [-0.4, -0.2) is 31.9 Å². The summed E-state index contributed by atoms with van der Waals surface area (Å²) in [6.45, 7) is 19.9. The number of aromatic nitrogens is 4. The Balaban J connectivity index is 1.99. The molecule has 0 fully saturated rings. The summed E-state index contributed by atoms with van der Waals surface area (Å²) in [5, 5.41) is 10.3. The van der Waals surface area contributed by atoms with Crippen LogP contribution in [0.3, 0.4) is 0 Å². The van der Waals surface area contributed by atoms with Gasteiger partial charge in [0.25, 0.3) is 0 Å². The highest BCUT2D eigenvalue weighted by Crippen LogP contribution is 2.45. The molecule has 3 heterocycles. The molecule has 0 unspecified atom stereocenters. The van der Waals surface area contributed by atoms with Crippen LogP contribution in [0.1, 0.15) is 66.8 Å². The summed E-state index contributed by atoms with van der Waals surface area (Å²) in [5.41, 5.74) is 6.77. The quantitative estimate of drug-likeness (QED) is 0.255. The highest BCUT2D eigenvalue weighted by molar-refractivity contribution is 9.10. The summed E-state index contributed by atoms with van der Waals surface area (Å²) >= 11 is 3.89. The van der Waals surface area contributed by atoms with Gasteiger partial charge in [0.2, 0.25) is 0 Å². The van der Waals surface area contributed by atoms with E-state index in [4.69, 9.17) is 9.97 Å². The van der Waals surface area contributed by atoms with Crippen molar-refractivity contribution >= 4 is 40.8 Å². The molecule has 0 aliphatic rings. The third-order valence-electron chi connectivity index (χ3n) is 7.58. The Morgan fingerprint density at radius 3 is 2.03 bits per heavy atom. The van der Waals surface area contributed by atoms with E-state index in [1.54, 1.807) is 13.8 Å². The Kier molecular flexibility index (Phi) is 6.36. The molecule has 182 valence electrons. The number of imidazole rings is 1. The number of halogens is 1. The van der Waals surface area contributed by atoms with E-state index in [0.717, 1.165) is 43.8 Å². The lowest BCUT2D eigenvalue weighted by atomic mass is 9.97. The molecule has 0 radical (unpaired) electrons. The maximum absolute atomic E-state index is 10.3. The van der Waals surface area contributed by atoms with Crippen molar-refractivity contribution in [2.45, 2.75) is 84.5 Å². The summed E-state index contributed by atoms with van der Waals surface area (Å²) in [6.07, 6.45) is 4.26. The fourth-order valence-electron chi connectivity index (χ4n) is 6.24. The molecule has 0 aliphatic carbocycles. The van der Waals surface area contributed by atoms with Crippen molar-refractivity contribution in [3.05, 3.63) is 52.5 Å². The SMILES string of the molecule is Cc1nc(-c2ccc(C(C)(C)O)cc2)c2cnc3c(c(Br)cn3[Si](C(C)C)(C(C)C)C(C)C)n12. The molecule has 4 aromatic rings. The van der Waals surface area contributed by atoms with Crippen LogP contribution in [0, 0.1) is 6.92 Å². The van der Waals surface area contributed by atoms with Gasteiger partial charge in [-0.15, -0.1) is 0 Å². The maximum Gasteiger partial charge on any atom is 0.171 e. The van der Waals surface area contributed by atoms with Gasteiger partial charge in [0.05, 0.1) is 27.5 Å². The molecular formula is C27H37BrN4OSi. The molecule has 3 aromatic heterocycles. The zero-order valence-electron chi connectivity index (χ0n) is 21.8. The molecule has 0 bridgehead atoms. The molecule has 5 nitrogen and oxygen atoms in total. The number of hydrogen-bond acceptors (Lipinski definition) is 3. The number of rotatable bonds is 6. The summed E-state index contributed by atoms with van der Waals surface area (Å²) < 4.78 is 5.84. The highest BCUT2D eigenvalue weighted by atomic mass is 79.9. The minimum absolute atomic E-state index is 0.571. The van der Waals surface area contributed by atoms with Gasteiger partial charge in [0.1, 0.15) is 17.0 Å². The normalized spacial score (nSPS) is 13.4. The lowest BCUT2D eigenvalue weighted by molar-refractivity contribution is 0.0786. The predicted octanol–water partition coefficient (Wildman–Crippen LogP) is 7.67. The van der Waals surface area contributed by atoms with Crippen molar-refractivity contribution in [3.63, 3.8) is 0 Å². The van der Waals surface area contributed by atoms with Crippen molar-refractivity contribution in [1.82, 2.24) is 18.6 Å². The van der Waals surface area contributed by atoms with E-state index >= 15 is 0 Å². The number of nitrogens with zero attached hydrogens (tertiary/aromatic N) is 4. The molecule has 1 N–H and O–H groups in total. The smallest absolute Gasteiger partial charge is 0.171 e. The maximum atomic E-state index is 10.3. The molecule has 0 saturated heterocycles. The van der Waals surface area contributed by atoms with Gasteiger partial charge < -0.3 is 9.34 Å². The van der Waals surface area contributed by atoms with Crippen molar-refractivity contribution in [1.29, 1.82) is 0 Å². The second kappa shape index (κ2) is 8.61. The van der Waals surface area contributed by atoms with Crippen molar-refractivity contribution in [2.24, 2.45) is 0 Å². The van der Waals surface area contributed by atoms with Crippen LogP contribution >= 0.6 is 15.9 Å². The molecular weight excluding hydrogens is 504 g/mol. The Bertz CT molecular complexity index is 1320. The lowest BCUT2D eigenvalue weighted by Crippen LogP contribution is -2.51. The van der Waals surface area contributed by atoms with E-state index in [1.165, 1.54) is 0 Å². The van der Waals surface area contributed by atoms with Gasteiger partial charge >= 0.3 is 0 Å².